The number of hydrogen-bond donors (Lipinski definition) is 1. The van der Waals surface area contributed by atoms with Gasteiger partial charge in [-0.1, -0.05) is 19.9 Å². The molecule has 1 aromatic carbocycles. The smallest absolute Gasteiger partial charge is 0.241 e. The van der Waals surface area contributed by atoms with Crippen molar-refractivity contribution in [1.29, 1.82) is 0 Å². The van der Waals surface area contributed by atoms with E-state index in [0.29, 0.717) is 30.4 Å². The number of nitrogens with one attached hydrogen (secondary N) is 1. The molecular formula is C15H20N2O3. The first kappa shape index (κ1) is 14.4. The van der Waals surface area contributed by atoms with E-state index in [1.54, 1.807) is 13.3 Å². The number of carbonyl (C=O) groups excluding carboxylic acids is 1. The summed E-state index contributed by atoms with van der Waals surface area (Å²) in [6, 6.07) is 5.73. The zero-order valence-corrected chi connectivity index (χ0v) is 12.1. The summed E-state index contributed by atoms with van der Waals surface area (Å²) in [7, 11) is 1.62. The fourth-order valence-electron chi connectivity index (χ4n) is 1.99. The Hall–Kier alpha value is -2.04. The Balaban J connectivity index is 2.22. The van der Waals surface area contributed by atoms with Crippen LogP contribution in [0.4, 0.5) is 0 Å². The van der Waals surface area contributed by atoms with E-state index in [9.17, 15) is 4.79 Å². The predicted octanol–water partition coefficient (Wildman–Crippen LogP) is 2.32. The van der Waals surface area contributed by atoms with Crippen molar-refractivity contribution in [2.45, 2.75) is 26.2 Å². The second-order valence-electron chi connectivity index (χ2n) is 5.24. The third-order valence-corrected chi connectivity index (χ3v) is 3.04. The van der Waals surface area contributed by atoms with E-state index in [2.05, 4.69) is 24.4 Å². The van der Waals surface area contributed by atoms with Gasteiger partial charge in [0.2, 0.25) is 5.91 Å². The summed E-state index contributed by atoms with van der Waals surface area (Å²) in [5.74, 6) is 1.75. The molecule has 1 heterocycles. The van der Waals surface area contributed by atoms with Crippen molar-refractivity contribution in [3.05, 3.63) is 23.8 Å². The molecule has 20 heavy (non-hydrogen) atoms. The fourth-order valence-corrected chi connectivity index (χ4v) is 1.99. The third-order valence-electron chi connectivity index (χ3n) is 3.04. The molecule has 0 bridgehead atoms. The highest BCUT2D eigenvalue weighted by molar-refractivity contribution is 5.86. The van der Waals surface area contributed by atoms with Crippen molar-refractivity contribution in [3.63, 3.8) is 0 Å². The molecular weight excluding hydrogens is 256 g/mol. The second-order valence-corrected chi connectivity index (χ2v) is 5.24. The van der Waals surface area contributed by atoms with Gasteiger partial charge in [-0.15, -0.1) is 0 Å². The number of carbonyl (C=O) groups is 1. The molecule has 108 valence electrons. The van der Waals surface area contributed by atoms with Crippen molar-refractivity contribution in [2.24, 2.45) is 11.0 Å². The highest BCUT2D eigenvalue weighted by Crippen LogP contribution is 2.32. The van der Waals surface area contributed by atoms with Gasteiger partial charge in [0.1, 0.15) is 0 Å². The van der Waals surface area contributed by atoms with Gasteiger partial charge in [0.25, 0.3) is 0 Å². The van der Waals surface area contributed by atoms with Crippen LogP contribution in [0.3, 0.4) is 0 Å². The van der Waals surface area contributed by atoms with Gasteiger partial charge in [0, 0.05) is 18.6 Å². The lowest BCUT2D eigenvalue weighted by molar-refractivity contribution is -0.121. The lowest BCUT2D eigenvalue weighted by Gasteiger charge is -2.18. The maximum atomic E-state index is 11.4. The summed E-state index contributed by atoms with van der Waals surface area (Å²) in [5, 5.41) is 3.87. The Labute approximate surface area is 119 Å². The molecule has 0 saturated carbocycles. The third kappa shape index (κ3) is 3.50. The zero-order chi connectivity index (χ0) is 14.5. The molecule has 1 N–H and O–H groups in total. The summed E-state index contributed by atoms with van der Waals surface area (Å²) < 4.78 is 11.1. The van der Waals surface area contributed by atoms with Gasteiger partial charge in [0.05, 0.1) is 13.7 Å². The van der Waals surface area contributed by atoms with E-state index in [4.69, 9.17) is 9.47 Å². The maximum Gasteiger partial charge on any atom is 0.241 e. The number of rotatable bonds is 5. The Morgan fingerprint density at radius 1 is 1.40 bits per heavy atom. The monoisotopic (exact) mass is 276 g/mol. The van der Waals surface area contributed by atoms with Crippen molar-refractivity contribution in [2.75, 3.05) is 13.7 Å². The molecule has 0 radical (unpaired) electrons. The molecule has 0 aromatic heterocycles. The second kappa shape index (κ2) is 6.41. The van der Waals surface area contributed by atoms with Crippen molar-refractivity contribution < 1.29 is 14.3 Å². The molecule has 0 spiro atoms. The van der Waals surface area contributed by atoms with Crippen molar-refractivity contribution in [3.8, 4) is 11.5 Å². The zero-order valence-electron chi connectivity index (χ0n) is 12.1. The molecule has 0 fully saturated rings. The van der Waals surface area contributed by atoms with E-state index in [1.165, 1.54) is 0 Å². The number of methoxy groups -OCH3 is 1. The molecule has 1 amide bonds. The van der Waals surface area contributed by atoms with Crippen molar-refractivity contribution >= 4 is 12.1 Å². The van der Waals surface area contributed by atoms with Gasteiger partial charge in [-0.25, -0.2) is 5.43 Å². The van der Waals surface area contributed by atoms with Gasteiger partial charge >= 0.3 is 0 Å². The average molecular weight is 276 g/mol. The highest BCUT2D eigenvalue weighted by Gasteiger charge is 2.19. The van der Waals surface area contributed by atoms with E-state index >= 15 is 0 Å². The molecule has 1 aliphatic rings. The molecule has 1 unspecified atom stereocenters. The normalized spacial score (nSPS) is 18.0. The van der Waals surface area contributed by atoms with Gasteiger partial charge < -0.3 is 9.47 Å². The number of benzene rings is 1. The average Bonchev–Trinajstić information content (AvgIpc) is 2.44. The summed E-state index contributed by atoms with van der Waals surface area (Å²) in [4.78, 5) is 11.4. The Bertz CT molecular complexity index is 512. The van der Waals surface area contributed by atoms with Crippen LogP contribution in [-0.2, 0) is 4.79 Å². The molecule has 0 aliphatic carbocycles. The largest absolute Gasteiger partial charge is 0.493 e. The van der Waals surface area contributed by atoms with Crippen LogP contribution in [-0.4, -0.2) is 25.8 Å². The van der Waals surface area contributed by atoms with Gasteiger partial charge in [-0.05, 0) is 23.6 Å². The minimum Gasteiger partial charge on any atom is -0.493 e. The molecule has 2 rings (SSSR count). The van der Waals surface area contributed by atoms with Crippen LogP contribution in [0.25, 0.3) is 0 Å². The van der Waals surface area contributed by atoms with E-state index < -0.39 is 0 Å². The van der Waals surface area contributed by atoms with Crippen LogP contribution in [0.15, 0.2) is 23.3 Å². The quantitative estimate of drug-likeness (QED) is 0.897. The molecule has 5 heteroatoms. The fraction of sp³-hybridized carbons (Fsp3) is 0.467. The molecule has 1 aliphatic heterocycles. The summed E-state index contributed by atoms with van der Waals surface area (Å²) in [6.07, 6.45) is 2.15. The Kier molecular flexibility index (Phi) is 4.61. The predicted molar refractivity (Wildman–Crippen MR) is 77.3 cm³/mol. The minimum absolute atomic E-state index is 0.0175. The number of hydrogen-bond acceptors (Lipinski definition) is 4. The lowest BCUT2D eigenvalue weighted by Crippen LogP contribution is -2.26. The first-order chi connectivity index (χ1) is 9.60. The Morgan fingerprint density at radius 3 is 2.85 bits per heavy atom. The van der Waals surface area contributed by atoms with E-state index in [-0.39, 0.29) is 11.8 Å². The van der Waals surface area contributed by atoms with Gasteiger partial charge in [-0.3, -0.25) is 4.79 Å². The first-order valence-electron chi connectivity index (χ1n) is 6.73. The molecule has 0 saturated heterocycles. The topological polar surface area (TPSA) is 59.9 Å². The number of ether oxygens (including phenoxy) is 2. The van der Waals surface area contributed by atoms with E-state index in [1.807, 2.05) is 18.2 Å². The number of nitrogens with zero attached hydrogens (tertiary/aromatic N) is 1. The summed E-state index contributed by atoms with van der Waals surface area (Å²) in [5.41, 5.74) is 3.44. The lowest BCUT2D eigenvalue weighted by atomic mass is 9.95. The summed E-state index contributed by atoms with van der Waals surface area (Å²) in [6.45, 7) is 4.81. The molecule has 5 nitrogen and oxygen atoms in total. The van der Waals surface area contributed by atoms with Crippen LogP contribution in [0.5, 0.6) is 11.5 Å². The SMILES string of the molecule is COc1ccc(C2C=NNC(=O)C2)cc1OCC(C)C. The molecule has 1 atom stereocenters. The van der Waals surface area contributed by atoms with Crippen LogP contribution >= 0.6 is 0 Å². The van der Waals surface area contributed by atoms with Crippen molar-refractivity contribution in [1.82, 2.24) is 5.43 Å². The maximum absolute atomic E-state index is 11.4. The molecule has 1 aromatic rings. The Morgan fingerprint density at radius 2 is 2.20 bits per heavy atom. The van der Waals surface area contributed by atoms with E-state index in [0.717, 1.165) is 5.56 Å². The number of hydrazone groups is 1. The highest BCUT2D eigenvalue weighted by atomic mass is 16.5. The van der Waals surface area contributed by atoms with Crippen LogP contribution < -0.4 is 14.9 Å². The van der Waals surface area contributed by atoms with Crippen LogP contribution in [0.2, 0.25) is 0 Å². The van der Waals surface area contributed by atoms with Gasteiger partial charge in [0.15, 0.2) is 11.5 Å². The van der Waals surface area contributed by atoms with Crippen LogP contribution in [0, 0.1) is 5.92 Å². The first-order valence-corrected chi connectivity index (χ1v) is 6.73. The minimum atomic E-state index is -0.0713. The van der Waals surface area contributed by atoms with Gasteiger partial charge in [-0.2, -0.15) is 5.10 Å². The summed E-state index contributed by atoms with van der Waals surface area (Å²) >= 11 is 0. The number of amides is 1. The standard InChI is InChI=1S/C15H20N2O3/c1-10(2)9-20-14-6-11(4-5-13(14)19-3)12-7-15(18)17-16-8-12/h4-6,8,10,12H,7,9H2,1-3H3,(H,17,18). The van der Waals surface area contributed by atoms with Crippen LogP contribution in [0.1, 0.15) is 31.7 Å².